The summed E-state index contributed by atoms with van der Waals surface area (Å²) in [5.74, 6) is 2.13. The van der Waals surface area contributed by atoms with Crippen LogP contribution in [0.4, 0.5) is 0 Å². The van der Waals surface area contributed by atoms with Crippen molar-refractivity contribution in [3.05, 3.63) is 35.4 Å². The third kappa shape index (κ3) is 2.09. The van der Waals surface area contributed by atoms with Crippen molar-refractivity contribution in [3.8, 4) is 0 Å². The maximum atomic E-state index is 2.54. The highest BCUT2D eigenvalue weighted by Gasteiger charge is 2.47. The van der Waals surface area contributed by atoms with E-state index in [1.165, 1.54) is 12.1 Å². The lowest BCUT2D eigenvalue weighted by Crippen LogP contribution is -2.39. The van der Waals surface area contributed by atoms with E-state index in [2.05, 4.69) is 70.8 Å². The van der Waals surface area contributed by atoms with Gasteiger partial charge in [0, 0.05) is 18.0 Å². The molecule has 2 rings (SSSR count). The minimum absolute atomic E-state index is 0.251. The molecule has 0 bridgehead atoms. The van der Waals surface area contributed by atoms with Gasteiger partial charge in [-0.2, -0.15) is 0 Å². The molecule has 1 nitrogen and oxygen atoms in total. The number of aryl methyl sites for hydroxylation is 1. The minimum atomic E-state index is 0.251. The van der Waals surface area contributed by atoms with Crippen LogP contribution in [-0.4, -0.2) is 24.0 Å². The van der Waals surface area contributed by atoms with Crippen molar-refractivity contribution in [2.45, 2.75) is 46.1 Å². The van der Waals surface area contributed by atoms with Crippen LogP contribution in [0.3, 0.4) is 0 Å². The molecule has 0 radical (unpaired) electrons. The zero-order valence-electron chi connectivity index (χ0n) is 12.7. The molecule has 100 valence electrons. The van der Waals surface area contributed by atoms with Crippen molar-refractivity contribution in [1.82, 2.24) is 4.90 Å². The maximum Gasteiger partial charge on any atom is 0.0222 e. The summed E-state index contributed by atoms with van der Waals surface area (Å²) in [6.07, 6.45) is 0. The second-order valence-electron chi connectivity index (χ2n) is 6.78. The predicted molar refractivity (Wildman–Crippen MR) is 79.0 cm³/mol. The SMILES string of the molecule is Cc1ccccc1C1C(C(C)C)CN(C)C1(C)C. The number of likely N-dealkylation sites (tertiary alicyclic amines) is 1. The quantitative estimate of drug-likeness (QED) is 0.759. The summed E-state index contributed by atoms with van der Waals surface area (Å²) >= 11 is 0. The lowest BCUT2D eigenvalue weighted by molar-refractivity contribution is 0.201. The van der Waals surface area contributed by atoms with Crippen LogP contribution in [-0.2, 0) is 0 Å². The smallest absolute Gasteiger partial charge is 0.0222 e. The summed E-state index contributed by atoms with van der Waals surface area (Å²) in [6, 6.07) is 8.92. The van der Waals surface area contributed by atoms with Crippen LogP contribution in [0.25, 0.3) is 0 Å². The fourth-order valence-electron chi connectivity index (χ4n) is 3.56. The molecule has 1 fully saturated rings. The van der Waals surface area contributed by atoms with E-state index < -0.39 is 0 Å². The molecule has 2 unspecified atom stereocenters. The van der Waals surface area contributed by atoms with Gasteiger partial charge in [-0.05, 0) is 50.8 Å². The van der Waals surface area contributed by atoms with Crippen LogP contribution in [0, 0.1) is 18.8 Å². The van der Waals surface area contributed by atoms with Gasteiger partial charge in [0.15, 0.2) is 0 Å². The highest BCUT2D eigenvalue weighted by molar-refractivity contribution is 5.34. The molecule has 2 atom stereocenters. The second-order valence-corrected chi connectivity index (χ2v) is 6.78. The van der Waals surface area contributed by atoms with E-state index in [1.54, 1.807) is 5.56 Å². The number of hydrogen-bond donors (Lipinski definition) is 0. The molecular formula is C17H27N. The Morgan fingerprint density at radius 2 is 1.83 bits per heavy atom. The van der Waals surface area contributed by atoms with Crippen LogP contribution in [0.15, 0.2) is 24.3 Å². The van der Waals surface area contributed by atoms with Gasteiger partial charge in [-0.3, -0.25) is 0 Å². The fraction of sp³-hybridized carbons (Fsp3) is 0.647. The fourth-order valence-corrected chi connectivity index (χ4v) is 3.56. The molecule has 1 aromatic rings. The molecule has 1 saturated heterocycles. The Morgan fingerprint density at radius 3 is 2.39 bits per heavy atom. The summed E-state index contributed by atoms with van der Waals surface area (Å²) in [7, 11) is 2.27. The van der Waals surface area contributed by atoms with Gasteiger partial charge < -0.3 is 4.90 Å². The van der Waals surface area contributed by atoms with Crippen molar-refractivity contribution < 1.29 is 0 Å². The third-order valence-corrected chi connectivity index (χ3v) is 5.04. The van der Waals surface area contributed by atoms with E-state index >= 15 is 0 Å². The largest absolute Gasteiger partial charge is 0.300 e. The first kappa shape index (κ1) is 13.6. The monoisotopic (exact) mass is 245 g/mol. The van der Waals surface area contributed by atoms with Gasteiger partial charge in [0.25, 0.3) is 0 Å². The topological polar surface area (TPSA) is 3.24 Å². The van der Waals surface area contributed by atoms with Gasteiger partial charge in [0.2, 0.25) is 0 Å². The first-order valence-electron chi connectivity index (χ1n) is 7.12. The van der Waals surface area contributed by atoms with Crippen LogP contribution < -0.4 is 0 Å². The lowest BCUT2D eigenvalue weighted by atomic mass is 9.72. The molecule has 0 aliphatic carbocycles. The molecule has 0 spiro atoms. The molecule has 0 aromatic heterocycles. The first-order chi connectivity index (χ1) is 8.35. The van der Waals surface area contributed by atoms with Crippen molar-refractivity contribution >= 4 is 0 Å². The number of hydrogen-bond acceptors (Lipinski definition) is 1. The molecule has 1 aliphatic rings. The van der Waals surface area contributed by atoms with Gasteiger partial charge in [-0.1, -0.05) is 38.1 Å². The third-order valence-electron chi connectivity index (χ3n) is 5.04. The van der Waals surface area contributed by atoms with Crippen molar-refractivity contribution in [2.75, 3.05) is 13.6 Å². The Kier molecular flexibility index (Phi) is 3.55. The Hall–Kier alpha value is -0.820. The summed E-state index contributed by atoms with van der Waals surface area (Å²) in [5, 5.41) is 0. The van der Waals surface area contributed by atoms with E-state index in [9.17, 15) is 0 Å². The van der Waals surface area contributed by atoms with Gasteiger partial charge >= 0.3 is 0 Å². The van der Waals surface area contributed by atoms with Crippen molar-refractivity contribution in [2.24, 2.45) is 11.8 Å². The maximum absolute atomic E-state index is 2.54. The van der Waals surface area contributed by atoms with E-state index in [0.717, 1.165) is 11.8 Å². The molecule has 0 saturated carbocycles. The van der Waals surface area contributed by atoms with Crippen molar-refractivity contribution in [1.29, 1.82) is 0 Å². The standard InChI is InChI=1S/C17H27N/c1-12(2)15-11-18(6)17(4,5)16(15)14-10-8-7-9-13(14)3/h7-10,12,15-16H,11H2,1-6H3. The Labute approximate surface area is 112 Å². The summed E-state index contributed by atoms with van der Waals surface area (Å²) < 4.78 is 0. The second kappa shape index (κ2) is 4.70. The summed E-state index contributed by atoms with van der Waals surface area (Å²) in [5.41, 5.74) is 3.24. The first-order valence-corrected chi connectivity index (χ1v) is 7.12. The Balaban J connectivity index is 2.47. The van der Waals surface area contributed by atoms with Crippen LogP contribution in [0.5, 0.6) is 0 Å². The van der Waals surface area contributed by atoms with Gasteiger partial charge in [0.1, 0.15) is 0 Å². The predicted octanol–water partition coefficient (Wildman–Crippen LogP) is 4.07. The van der Waals surface area contributed by atoms with Crippen LogP contribution >= 0.6 is 0 Å². The molecule has 1 aliphatic heterocycles. The molecule has 1 heterocycles. The van der Waals surface area contributed by atoms with Gasteiger partial charge in [-0.15, -0.1) is 0 Å². The van der Waals surface area contributed by atoms with Crippen LogP contribution in [0.2, 0.25) is 0 Å². The van der Waals surface area contributed by atoms with E-state index in [-0.39, 0.29) is 5.54 Å². The highest BCUT2D eigenvalue weighted by atomic mass is 15.2. The molecule has 0 amide bonds. The highest BCUT2D eigenvalue weighted by Crippen LogP contribution is 2.48. The number of likely N-dealkylation sites (N-methyl/N-ethyl adjacent to an activating group) is 1. The molecular weight excluding hydrogens is 218 g/mol. The number of benzene rings is 1. The van der Waals surface area contributed by atoms with Crippen LogP contribution in [0.1, 0.15) is 44.7 Å². The Morgan fingerprint density at radius 1 is 1.22 bits per heavy atom. The number of rotatable bonds is 2. The average molecular weight is 245 g/mol. The lowest BCUT2D eigenvalue weighted by Gasteiger charge is -2.36. The summed E-state index contributed by atoms with van der Waals surface area (Å²) in [4.78, 5) is 2.54. The number of nitrogens with zero attached hydrogens (tertiary/aromatic N) is 1. The normalized spacial score (nSPS) is 27.9. The Bertz CT molecular complexity index is 419. The molecule has 18 heavy (non-hydrogen) atoms. The zero-order valence-corrected chi connectivity index (χ0v) is 12.7. The van der Waals surface area contributed by atoms with Crippen molar-refractivity contribution in [3.63, 3.8) is 0 Å². The van der Waals surface area contributed by atoms with E-state index in [1.807, 2.05) is 0 Å². The van der Waals surface area contributed by atoms with E-state index in [0.29, 0.717) is 5.92 Å². The minimum Gasteiger partial charge on any atom is -0.300 e. The summed E-state index contributed by atoms with van der Waals surface area (Å²) in [6.45, 7) is 13.0. The molecule has 0 N–H and O–H groups in total. The molecule has 1 heteroatoms. The van der Waals surface area contributed by atoms with Gasteiger partial charge in [-0.25, -0.2) is 0 Å². The average Bonchev–Trinajstić information content (AvgIpc) is 2.52. The zero-order chi connectivity index (χ0) is 13.5. The van der Waals surface area contributed by atoms with Gasteiger partial charge in [0.05, 0.1) is 0 Å². The van der Waals surface area contributed by atoms with E-state index in [4.69, 9.17) is 0 Å². The molecule has 1 aromatic carbocycles.